The molecule has 4 aromatic carbocycles. The second-order valence-electron chi connectivity index (χ2n) is 14.4. The van der Waals surface area contributed by atoms with Crippen LogP contribution in [0.5, 0.6) is 28.7 Å². The van der Waals surface area contributed by atoms with Gasteiger partial charge in [-0.2, -0.15) is 9.98 Å². The molecule has 20 heteroatoms. The molecule has 3 N–H and O–H groups in total. The number of sulfonamides is 1. The number of rotatable bonds is 22. The summed E-state index contributed by atoms with van der Waals surface area (Å²) in [7, 11) is -9.00. The first-order valence-electron chi connectivity index (χ1n) is 19.9. The molecule has 0 aliphatic heterocycles. The van der Waals surface area contributed by atoms with Crippen LogP contribution in [0.3, 0.4) is 0 Å². The maximum atomic E-state index is 14.0. The number of benzene rings is 4. The Balaban J connectivity index is 1.23. The quantitative estimate of drug-likeness (QED) is 0.0196. The van der Waals surface area contributed by atoms with Crippen molar-refractivity contribution in [2.24, 2.45) is 0 Å². The van der Waals surface area contributed by atoms with Crippen LogP contribution in [0.25, 0.3) is 10.4 Å². The highest BCUT2D eigenvalue weighted by Crippen LogP contribution is 2.43. The number of aryl methyl sites for hydroxylation is 2. The summed E-state index contributed by atoms with van der Waals surface area (Å²) in [6.07, 6.45) is 0.483. The molecule has 0 aliphatic rings. The second-order valence-corrected chi connectivity index (χ2v) is 19.3. The highest BCUT2D eigenvalue weighted by Gasteiger charge is 2.27. The summed E-state index contributed by atoms with van der Waals surface area (Å²) in [5.74, 6) is -1.60. The minimum absolute atomic E-state index is 0.141. The van der Waals surface area contributed by atoms with E-state index in [0.29, 0.717) is 69.2 Å². The van der Waals surface area contributed by atoms with E-state index in [4.69, 9.17) is 28.7 Å². The van der Waals surface area contributed by atoms with Crippen LogP contribution >= 0.6 is 18.9 Å². The number of unbranched alkanes of at least 4 members (excludes halogenated alkanes) is 1. The van der Waals surface area contributed by atoms with Crippen LogP contribution in [0.4, 0.5) is 4.39 Å². The molecule has 65 heavy (non-hydrogen) atoms. The standard InChI is InChI=1S/C45H45FN3O13PS2/c1-28-9-11-32(22-40(28)60-30(3)50)38(52)8-5-6-20-59-42-23-33(14-16-39(42)58-21-7-19-48-45(53)34-12-10-29(2)41(24-34)61-31(4)51)43-17-18-44(64-43)65(56,57)49-27-63(54,55)62-36-15-13-35(26-47)37(46)25-36/h9-18,22-25,49H,5-8,19-21,27H2,1-4H3,(H,48,53)(H,54,55). The van der Waals surface area contributed by atoms with Gasteiger partial charge in [0, 0.05) is 48.9 Å². The zero-order chi connectivity index (χ0) is 47.3. The van der Waals surface area contributed by atoms with Gasteiger partial charge < -0.3 is 33.7 Å². The van der Waals surface area contributed by atoms with Crippen molar-refractivity contribution >= 4 is 52.6 Å². The summed E-state index contributed by atoms with van der Waals surface area (Å²) in [6, 6.07) is 22.1. The molecule has 1 heterocycles. The average Bonchev–Trinajstić information content (AvgIpc) is 3.76. The molecule has 0 aliphatic carbocycles. The molecule has 0 fully saturated rings. The van der Waals surface area contributed by atoms with Crippen LogP contribution in [-0.4, -0.2) is 63.0 Å². The summed E-state index contributed by atoms with van der Waals surface area (Å²) in [6.45, 7) is 6.66. The molecule has 1 amide bonds. The second kappa shape index (κ2) is 22.5. The van der Waals surface area contributed by atoms with E-state index in [2.05, 4.69) is 10.0 Å². The van der Waals surface area contributed by atoms with Crippen LogP contribution in [0.2, 0.25) is 0 Å². The van der Waals surface area contributed by atoms with E-state index in [1.807, 2.05) is 0 Å². The molecule has 5 aromatic rings. The average molecular weight is 950 g/mol. The Hall–Kier alpha value is -6.42. The fourth-order valence-electron chi connectivity index (χ4n) is 5.91. The van der Waals surface area contributed by atoms with Crippen molar-refractivity contribution in [1.82, 2.24) is 10.0 Å². The first-order chi connectivity index (χ1) is 30.8. The van der Waals surface area contributed by atoms with Crippen LogP contribution < -0.4 is 33.5 Å². The van der Waals surface area contributed by atoms with Gasteiger partial charge in [0.2, 0.25) is 0 Å². The molecule has 0 saturated carbocycles. The van der Waals surface area contributed by atoms with Crippen LogP contribution in [0.15, 0.2) is 89.1 Å². The lowest BCUT2D eigenvalue weighted by molar-refractivity contribution is -0.132. The topological polar surface area (TPSA) is 234 Å². The SMILES string of the molecule is CC(=O)Oc1cc(C(=O)CCCCOc2cc(-c3ccc(S(=O)(=O)NCP(=O)(O)Oc4ccc(C#N)c(F)c4)s3)ccc2OCCCNC(=O)c2ccc(C)c(OC(C)=O)c2)ccc1C. The normalized spacial score (nSPS) is 12.0. The van der Waals surface area contributed by atoms with Gasteiger partial charge in [-0.3, -0.25) is 19.2 Å². The molecule has 0 bridgehead atoms. The summed E-state index contributed by atoms with van der Waals surface area (Å²) in [5.41, 5.74) is 2.37. The lowest BCUT2D eigenvalue weighted by Gasteiger charge is -2.15. The van der Waals surface area contributed by atoms with Gasteiger partial charge in [-0.25, -0.2) is 17.4 Å². The molecule has 1 aromatic heterocycles. The van der Waals surface area contributed by atoms with Gasteiger partial charge in [-0.15, -0.1) is 11.3 Å². The lowest BCUT2D eigenvalue weighted by atomic mass is 10.0. The van der Waals surface area contributed by atoms with E-state index >= 15 is 0 Å². The predicted molar refractivity (Wildman–Crippen MR) is 238 cm³/mol. The zero-order valence-corrected chi connectivity index (χ0v) is 38.2. The van der Waals surface area contributed by atoms with Gasteiger partial charge in [-0.05, 0) is 110 Å². The van der Waals surface area contributed by atoms with Gasteiger partial charge in [0.15, 0.2) is 17.3 Å². The van der Waals surface area contributed by atoms with E-state index in [1.165, 1.54) is 26.0 Å². The number of carbonyl (C=O) groups is 4. The largest absolute Gasteiger partial charge is 0.490 e. The molecule has 0 saturated heterocycles. The molecular formula is C45H45FN3O13PS2. The highest BCUT2D eigenvalue weighted by molar-refractivity contribution is 7.92. The fraction of sp³-hybridized carbons (Fsp3) is 0.267. The zero-order valence-electron chi connectivity index (χ0n) is 35.7. The Morgan fingerprint density at radius 2 is 1.43 bits per heavy atom. The molecule has 0 radical (unpaired) electrons. The van der Waals surface area contributed by atoms with Crippen molar-refractivity contribution in [1.29, 1.82) is 5.26 Å². The van der Waals surface area contributed by atoms with Crippen molar-refractivity contribution < 1.29 is 64.9 Å². The third kappa shape index (κ3) is 14.5. The predicted octanol–water partition coefficient (Wildman–Crippen LogP) is 8.02. The number of nitrogens with one attached hydrogen (secondary N) is 2. The molecule has 1 unspecified atom stereocenters. The number of Topliss-reactive ketones (excluding diaryl/α,β-unsaturated/α-hetero) is 1. The number of nitrogens with zero attached hydrogens (tertiary/aromatic N) is 1. The molecule has 342 valence electrons. The first-order valence-corrected chi connectivity index (χ1v) is 24.0. The lowest BCUT2D eigenvalue weighted by Crippen LogP contribution is -2.25. The highest BCUT2D eigenvalue weighted by atomic mass is 32.2. The summed E-state index contributed by atoms with van der Waals surface area (Å²) < 4.78 is 82.5. The van der Waals surface area contributed by atoms with Gasteiger partial charge >= 0.3 is 19.5 Å². The monoisotopic (exact) mass is 949 g/mol. The number of ketones is 1. The number of hydrogen-bond acceptors (Lipinski definition) is 14. The van der Waals surface area contributed by atoms with Crippen LogP contribution in [0.1, 0.15) is 76.9 Å². The number of amides is 1. The van der Waals surface area contributed by atoms with Gasteiger partial charge in [-0.1, -0.05) is 18.2 Å². The minimum atomic E-state index is -4.66. The Bertz CT molecular complexity index is 2790. The Labute approximate surface area is 378 Å². The van der Waals surface area contributed by atoms with E-state index in [1.54, 1.807) is 74.5 Å². The van der Waals surface area contributed by atoms with Crippen molar-refractivity contribution in [2.75, 3.05) is 26.0 Å². The van der Waals surface area contributed by atoms with E-state index in [-0.39, 0.29) is 59.1 Å². The summed E-state index contributed by atoms with van der Waals surface area (Å²) in [4.78, 5) is 59.5. The van der Waals surface area contributed by atoms with Gasteiger partial charge in [0.1, 0.15) is 39.6 Å². The molecule has 1 atom stereocenters. The van der Waals surface area contributed by atoms with Gasteiger partial charge in [0.25, 0.3) is 15.9 Å². The number of ether oxygens (including phenoxy) is 4. The molecule has 0 spiro atoms. The van der Waals surface area contributed by atoms with Crippen LogP contribution in [-0.2, 0) is 24.2 Å². The van der Waals surface area contributed by atoms with Crippen molar-refractivity contribution in [3.63, 3.8) is 0 Å². The third-order valence-electron chi connectivity index (χ3n) is 9.23. The minimum Gasteiger partial charge on any atom is -0.490 e. The maximum Gasteiger partial charge on any atom is 0.391 e. The van der Waals surface area contributed by atoms with Crippen molar-refractivity contribution in [3.8, 4) is 45.3 Å². The molecular weight excluding hydrogens is 905 g/mol. The number of carbonyl (C=O) groups excluding carboxylic acids is 4. The summed E-state index contributed by atoms with van der Waals surface area (Å²) in [5, 5.41) is 11.7. The fourth-order valence-corrected chi connectivity index (χ4v) is 9.76. The van der Waals surface area contributed by atoms with Crippen LogP contribution in [0, 0.1) is 31.0 Å². The number of esters is 2. The van der Waals surface area contributed by atoms with Gasteiger partial charge in [0.05, 0.1) is 18.8 Å². The summed E-state index contributed by atoms with van der Waals surface area (Å²) >= 11 is 0.867. The number of nitriles is 1. The number of thiophene rings is 1. The third-order valence-corrected chi connectivity index (χ3v) is 13.5. The number of hydrogen-bond donors (Lipinski definition) is 3. The Kier molecular flexibility index (Phi) is 17.1. The maximum absolute atomic E-state index is 14.0. The van der Waals surface area contributed by atoms with E-state index < -0.39 is 41.7 Å². The van der Waals surface area contributed by atoms with E-state index in [0.717, 1.165) is 29.5 Å². The van der Waals surface area contributed by atoms with Crippen molar-refractivity contribution in [2.45, 2.75) is 57.6 Å². The number of halogens is 1. The Morgan fingerprint density at radius 1 is 0.785 bits per heavy atom. The molecule has 16 nitrogen and oxygen atoms in total. The van der Waals surface area contributed by atoms with E-state index in [9.17, 15) is 41.4 Å². The first kappa shape index (κ1) is 49.6. The smallest absolute Gasteiger partial charge is 0.391 e. The van der Waals surface area contributed by atoms with Crippen molar-refractivity contribution in [3.05, 3.63) is 119 Å². The molecule has 5 rings (SSSR count). The Morgan fingerprint density at radius 3 is 2.09 bits per heavy atom.